The number of hydrogen-bond donors (Lipinski definition) is 1. The van der Waals surface area contributed by atoms with E-state index in [-0.39, 0.29) is 5.91 Å². The van der Waals surface area contributed by atoms with Gasteiger partial charge in [-0.15, -0.1) is 0 Å². The van der Waals surface area contributed by atoms with Crippen molar-refractivity contribution >= 4 is 22.9 Å². The van der Waals surface area contributed by atoms with Gasteiger partial charge in [-0.3, -0.25) is 4.79 Å². The zero-order chi connectivity index (χ0) is 17.6. The van der Waals surface area contributed by atoms with Crippen molar-refractivity contribution < 1.29 is 9.32 Å². The number of amides is 1. The Bertz CT molecular complexity index is 818. The molecule has 0 fully saturated rings. The van der Waals surface area contributed by atoms with Crippen LogP contribution in [0.15, 0.2) is 39.5 Å². The van der Waals surface area contributed by atoms with Crippen LogP contribution in [0.4, 0.5) is 5.69 Å². The average molecular weight is 355 g/mol. The first-order valence-corrected chi connectivity index (χ1v) is 9.41. The molecule has 1 aromatic carbocycles. The fourth-order valence-electron chi connectivity index (χ4n) is 2.69. The third kappa shape index (κ3) is 4.14. The van der Waals surface area contributed by atoms with E-state index in [9.17, 15) is 4.79 Å². The summed E-state index contributed by atoms with van der Waals surface area (Å²) in [6.07, 6.45) is 2.51. The summed E-state index contributed by atoms with van der Waals surface area (Å²) in [5, 5.41) is 11.0. The van der Waals surface area contributed by atoms with Crippen molar-refractivity contribution in [3.05, 3.63) is 52.0 Å². The van der Waals surface area contributed by atoms with Crippen LogP contribution in [0.5, 0.6) is 0 Å². The van der Waals surface area contributed by atoms with Crippen molar-refractivity contribution in [1.82, 2.24) is 10.1 Å². The molecule has 0 radical (unpaired) electrons. The maximum atomic E-state index is 12.4. The standard InChI is InChI=1S/C19H21N3O2S/c1-3-13-6-5-7-14(4-2)18(13)20-16(23)8-9-17-21-19(22-24-17)15-10-11-25-12-15/h5-7,10-12H,3-4,8-9H2,1-2H3,(H,20,23). The summed E-state index contributed by atoms with van der Waals surface area (Å²) in [6, 6.07) is 8.09. The van der Waals surface area contributed by atoms with Gasteiger partial charge >= 0.3 is 0 Å². The summed E-state index contributed by atoms with van der Waals surface area (Å²) in [4.78, 5) is 16.7. The molecular formula is C19H21N3O2S. The highest BCUT2D eigenvalue weighted by Gasteiger charge is 2.13. The average Bonchev–Trinajstić information content (AvgIpc) is 3.31. The van der Waals surface area contributed by atoms with Gasteiger partial charge in [-0.1, -0.05) is 37.2 Å². The molecule has 6 heteroatoms. The van der Waals surface area contributed by atoms with E-state index in [0.29, 0.717) is 24.6 Å². The van der Waals surface area contributed by atoms with E-state index in [4.69, 9.17) is 4.52 Å². The fourth-order valence-corrected chi connectivity index (χ4v) is 3.33. The van der Waals surface area contributed by atoms with Gasteiger partial charge in [0.1, 0.15) is 0 Å². The van der Waals surface area contributed by atoms with Crippen molar-refractivity contribution in [2.24, 2.45) is 0 Å². The van der Waals surface area contributed by atoms with Gasteiger partial charge in [0.05, 0.1) is 0 Å². The lowest BCUT2D eigenvalue weighted by molar-refractivity contribution is -0.116. The largest absolute Gasteiger partial charge is 0.339 e. The number of hydrogen-bond acceptors (Lipinski definition) is 5. The Morgan fingerprint density at radius 1 is 1.20 bits per heavy atom. The Morgan fingerprint density at radius 2 is 1.96 bits per heavy atom. The van der Waals surface area contributed by atoms with Gasteiger partial charge in [0.2, 0.25) is 17.6 Å². The van der Waals surface area contributed by atoms with E-state index in [0.717, 1.165) is 35.2 Å². The van der Waals surface area contributed by atoms with Gasteiger partial charge in [0.15, 0.2) is 0 Å². The number of carbonyl (C=O) groups is 1. The number of para-hydroxylation sites is 1. The fraction of sp³-hybridized carbons (Fsp3) is 0.316. The van der Waals surface area contributed by atoms with Crippen LogP contribution < -0.4 is 5.32 Å². The first-order chi connectivity index (χ1) is 12.2. The second-order valence-corrected chi connectivity index (χ2v) is 6.51. The molecule has 0 spiro atoms. The third-order valence-electron chi connectivity index (χ3n) is 4.08. The molecule has 3 rings (SSSR count). The van der Waals surface area contributed by atoms with Gasteiger partial charge < -0.3 is 9.84 Å². The first kappa shape index (κ1) is 17.4. The molecule has 1 N–H and O–H groups in total. The Kier molecular flexibility index (Phi) is 5.60. The Balaban J connectivity index is 1.62. The van der Waals surface area contributed by atoms with E-state index in [1.807, 2.05) is 22.9 Å². The van der Waals surface area contributed by atoms with Crippen LogP contribution in [-0.2, 0) is 24.1 Å². The number of anilines is 1. The predicted octanol–water partition coefficient (Wildman–Crippen LogP) is 4.49. The van der Waals surface area contributed by atoms with Crippen LogP contribution in [0.25, 0.3) is 11.4 Å². The number of nitrogens with one attached hydrogen (secondary N) is 1. The van der Waals surface area contributed by atoms with Gasteiger partial charge in [-0.2, -0.15) is 16.3 Å². The summed E-state index contributed by atoms with van der Waals surface area (Å²) >= 11 is 1.58. The summed E-state index contributed by atoms with van der Waals surface area (Å²) in [7, 11) is 0. The van der Waals surface area contributed by atoms with Crippen LogP contribution in [-0.4, -0.2) is 16.0 Å². The van der Waals surface area contributed by atoms with E-state index in [1.165, 1.54) is 0 Å². The van der Waals surface area contributed by atoms with E-state index in [1.54, 1.807) is 11.3 Å². The Labute approximate surface area is 151 Å². The molecule has 0 aliphatic heterocycles. The molecule has 0 aliphatic rings. The number of carbonyl (C=O) groups excluding carboxylic acids is 1. The molecule has 0 saturated carbocycles. The quantitative estimate of drug-likeness (QED) is 0.678. The maximum Gasteiger partial charge on any atom is 0.227 e. The van der Waals surface area contributed by atoms with Gasteiger partial charge in [0.25, 0.3) is 0 Å². The number of nitrogens with zero attached hydrogens (tertiary/aromatic N) is 2. The summed E-state index contributed by atoms with van der Waals surface area (Å²) in [5.74, 6) is 1.02. The summed E-state index contributed by atoms with van der Waals surface area (Å²) < 4.78 is 5.24. The number of aryl methyl sites for hydroxylation is 3. The first-order valence-electron chi connectivity index (χ1n) is 8.47. The smallest absolute Gasteiger partial charge is 0.227 e. The lowest BCUT2D eigenvalue weighted by Gasteiger charge is -2.14. The normalized spacial score (nSPS) is 10.8. The lowest BCUT2D eigenvalue weighted by Crippen LogP contribution is -2.15. The Morgan fingerprint density at radius 3 is 2.60 bits per heavy atom. The number of rotatable bonds is 7. The van der Waals surface area contributed by atoms with Crippen LogP contribution in [0.3, 0.4) is 0 Å². The van der Waals surface area contributed by atoms with Crippen LogP contribution in [0, 0.1) is 0 Å². The van der Waals surface area contributed by atoms with Gasteiger partial charge in [-0.25, -0.2) is 0 Å². The molecule has 0 unspecified atom stereocenters. The molecule has 0 bridgehead atoms. The van der Waals surface area contributed by atoms with E-state index in [2.05, 4.69) is 41.4 Å². The second-order valence-electron chi connectivity index (χ2n) is 5.73. The summed E-state index contributed by atoms with van der Waals surface area (Å²) in [6.45, 7) is 4.18. The minimum atomic E-state index is -0.0362. The molecule has 2 aromatic heterocycles. The highest BCUT2D eigenvalue weighted by atomic mass is 32.1. The molecule has 2 heterocycles. The van der Waals surface area contributed by atoms with Crippen molar-refractivity contribution in [2.45, 2.75) is 39.5 Å². The number of benzene rings is 1. The number of aromatic nitrogens is 2. The molecular weight excluding hydrogens is 334 g/mol. The van der Waals surface area contributed by atoms with Crippen LogP contribution >= 0.6 is 11.3 Å². The topological polar surface area (TPSA) is 68.0 Å². The van der Waals surface area contributed by atoms with E-state index < -0.39 is 0 Å². The van der Waals surface area contributed by atoms with Crippen LogP contribution in [0.2, 0.25) is 0 Å². The monoisotopic (exact) mass is 355 g/mol. The number of thiophene rings is 1. The third-order valence-corrected chi connectivity index (χ3v) is 4.76. The summed E-state index contributed by atoms with van der Waals surface area (Å²) in [5.41, 5.74) is 4.20. The van der Waals surface area contributed by atoms with Crippen molar-refractivity contribution in [2.75, 3.05) is 5.32 Å². The minimum Gasteiger partial charge on any atom is -0.339 e. The molecule has 0 saturated heterocycles. The molecule has 3 aromatic rings. The van der Waals surface area contributed by atoms with E-state index >= 15 is 0 Å². The van der Waals surface area contributed by atoms with Crippen molar-refractivity contribution in [3.63, 3.8) is 0 Å². The predicted molar refractivity (Wildman–Crippen MR) is 99.8 cm³/mol. The minimum absolute atomic E-state index is 0.0362. The van der Waals surface area contributed by atoms with Crippen molar-refractivity contribution in [1.29, 1.82) is 0 Å². The lowest BCUT2D eigenvalue weighted by atomic mass is 10.0. The molecule has 0 aliphatic carbocycles. The van der Waals surface area contributed by atoms with Crippen molar-refractivity contribution in [3.8, 4) is 11.4 Å². The molecule has 5 nitrogen and oxygen atoms in total. The molecule has 0 atom stereocenters. The molecule has 130 valence electrons. The maximum absolute atomic E-state index is 12.4. The highest BCUT2D eigenvalue weighted by molar-refractivity contribution is 7.08. The van der Waals surface area contributed by atoms with Gasteiger partial charge in [0, 0.05) is 29.5 Å². The van der Waals surface area contributed by atoms with Crippen LogP contribution in [0.1, 0.15) is 37.3 Å². The zero-order valence-electron chi connectivity index (χ0n) is 14.4. The molecule has 25 heavy (non-hydrogen) atoms. The second kappa shape index (κ2) is 8.07. The SMILES string of the molecule is CCc1cccc(CC)c1NC(=O)CCc1nc(-c2ccsc2)no1. The highest BCUT2D eigenvalue weighted by Crippen LogP contribution is 2.23. The Hall–Kier alpha value is -2.47. The zero-order valence-corrected chi connectivity index (χ0v) is 15.2. The molecule has 1 amide bonds. The van der Waals surface area contributed by atoms with Gasteiger partial charge in [-0.05, 0) is 35.4 Å².